The van der Waals surface area contributed by atoms with Gasteiger partial charge in [0, 0.05) is 26.1 Å². The molecule has 0 radical (unpaired) electrons. The molecule has 0 spiro atoms. The molecule has 2 heterocycles. The summed E-state index contributed by atoms with van der Waals surface area (Å²) in [6.45, 7) is 3.22. The van der Waals surface area contributed by atoms with E-state index in [1.807, 2.05) is 0 Å². The third kappa shape index (κ3) is 16.7. The molecule has 0 aromatic heterocycles. The van der Waals surface area contributed by atoms with Crippen LogP contribution in [0.3, 0.4) is 0 Å². The molecular formula is C42H68N12O10. The minimum atomic E-state index is -1.54. The number of guanidine groups is 1. The van der Waals surface area contributed by atoms with Crippen LogP contribution in [0.2, 0.25) is 0 Å². The van der Waals surface area contributed by atoms with Crippen LogP contribution in [0.25, 0.3) is 0 Å². The van der Waals surface area contributed by atoms with Crippen molar-refractivity contribution in [2.75, 3.05) is 39.3 Å². The normalized spacial score (nSPS) is 18.2. The van der Waals surface area contributed by atoms with Gasteiger partial charge in [-0.2, -0.15) is 0 Å². The van der Waals surface area contributed by atoms with Crippen LogP contribution in [0.1, 0.15) is 83.6 Å². The lowest BCUT2D eigenvalue weighted by molar-refractivity contribution is -0.148. The van der Waals surface area contributed by atoms with Gasteiger partial charge in [0.05, 0.1) is 19.2 Å². The number of likely N-dealkylation sites (tertiary alicyclic amines) is 2. The average molecular weight is 901 g/mol. The molecule has 2 aliphatic rings. The zero-order valence-electron chi connectivity index (χ0n) is 36.8. The fourth-order valence-corrected chi connectivity index (χ4v) is 7.68. The van der Waals surface area contributed by atoms with Gasteiger partial charge in [-0.15, -0.1) is 0 Å². The number of rotatable bonds is 26. The van der Waals surface area contributed by atoms with Crippen LogP contribution in [0.15, 0.2) is 35.3 Å². The van der Waals surface area contributed by atoms with Gasteiger partial charge in [0.1, 0.15) is 36.3 Å². The molecule has 22 heteroatoms. The molecule has 1 aromatic rings. The maximum atomic E-state index is 14.1. The first-order valence-electron chi connectivity index (χ1n) is 21.9. The van der Waals surface area contributed by atoms with Crippen molar-refractivity contribution in [3.05, 3.63) is 35.9 Å². The highest BCUT2D eigenvalue weighted by molar-refractivity contribution is 5.97. The van der Waals surface area contributed by atoms with Gasteiger partial charge in [0.15, 0.2) is 5.96 Å². The van der Waals surface area contributed by atoms with Crippen molar-refractivity contribution in [3.8, 4) is 0 Å². The van der Waals surface area contributed by atoms with E-state index >= 15 is 0 Å². The number of aliphatic hydroxyl groups excluding tert-OH is 1. The van der Waals surface area contributed by atoms with Gasteiger partial charge in [-0.1, -0.05) is 50.6 Å². The highest BCUT2D eigenvalue weighted by atomic mass is 16.4. The number of aliphatic carboxylic acids is 1. The standard InChI is InChI=1S/C42H68N12O10/c1-25(2)21-30(41(63)64)51-37(59)31(24-55)52-36(58)29(22-26-11-4-3-5-12-26)49-34(56)23-48-38(60)32-15-9-19-53(32)40(62)33-16-10-20-54(33)39(61)28(14-8-18-47-42(45)46)50-35(57)27(44)13-6-7-17-43/h3-5,11-12,25,27-33,55H,6-10,13-24,43-44H2,1-2H3,(H,48,60)(H,49,56)(H,50,57)(H,51,59)(H,52,58)(H,63,64)(H4,45,46,47)/t27-,28-,29-,30-,31-,32-,33-/m0/s1. The predicted octanol–water partition coefficient (Wildman–Crippen LogP) is -3.10. The lowest BCUT2D eigenvalue weighted by Gasteiger charge is -2.33. The van der Waals surface area contributed by atoms with Gasteiger partial charge in [-0.05, 0) is 75.8 Å². The molecule has 0 unspecified atom stereocenters. The van der Waals surface area contributed by atoms with Crippen molar-refractivity contribution in [1.82, 2.24) is 36.4 Å². The van der Waals surface area contributed by atoms with Crippen LogP contribution < -0.4 is 49.5 Å². The molecular weight excluding hydrogens is 833 g/mol. The third-order valence-electron chi connectivity index (χ3n) is 11.0. The van der Waals surface area contributed by atoms with Gasteiger partial charge in [-0.3, -0.25) is 38.6 Å². The van der Waals surface area contributed by atoms with E-state index in [1.54, 1.807) is 44.2 Å². The number of carbonyl (C=O) groups excluding carboxylic acids is 7. The zero-order valence-corrected chi connectivity index (χ0v) is 36.8. The molecule has 1 aromatic carbocycles. The minimum absolute atomic E-state index is 0.0405. The van der Waals surface area contributed by atoms with Crippen molar-refractivity contribution in [2.24, 2.45) is 33.8 Å². The molecule has 7 atom stereocenters. The lowest BCUT2D eigenvalue weighted by atomic mass is 10.0. The molecule has 356 valence electrons. The first kappa shape index (κ1) is 52.5. The average Bonchev–Trinajstić information content (AvgIpc) is 3.96. The van der Waals surface area contributed by atoms with Crippen LogP contribution in [-0.4, -0.2) is 155 Å². The van der Waals surface area contributed by atoms with Crippen LogP contribution >= 0.6 is 0 Å². The highest BCUT2D eigenvalue weighted by Crippen LogP contribution is 2.26. The number of hydrogen-bond acceptors (Lipinski definition) is 12. The zero-order chi connectivity index (χ0) is 47.3. The number of aliphatic imine (C=N–C) groups is 1. The second kappa shape index (κ2) is 26.7. The summed E-state index contributed by atoms with van der Waals surface area (Å²) < 4.78 is 0. The first-order valence-corrected chi connectivity index (χ1v) is 21.9. The molecule has 2 aliphatic heterocycles. The van der Waals surface area contributed by atoms with Crippen LogP contribution in [0, 0.1) is 5.92 Å². The number of unbranched alkanes of at least 4 members (excludes halogenated alkanes) is 1. The van der Waals surface area contributed by atoms with E-state index in [2.05, 4.69) is 31.6 Å². The van der Waals surface area contributed by atoms with Crippen molar-refractivity contribution >= 4 is 53.3 Å². The first-order chi connectivity index (χ1) is 30.5. The fourth-order valence-electron chi connectivity index (χ4n) is 7.68. The molecule has 2 fully saturated rings. The summed E-state index contributed by atoms with van der Waals surface area (Å²) in [6.07, 6.45) is 3.85. The Morgan fingerprint density at radius 1 is 0.781 bits per heavy atom. The van der Waals surface area contributed by atoms with Crippen LogP contribution in [0.5, 0.6) is 0 Å². The van der Waals surface area contributed by atoms with Crippen molar-refractivity contribution in [3.63, 3.8) is 0 Å². The van der Waals surface area contributed by atoms with E-state index in [4.69, 9.17) is 22.9 Å². The summed E-state index contributed by atoms with van der Waals surface area (Å²) in [5.74, 6) is -6.09. The van der Waals surface area contributed by atoms with Gasteiger partial charge in [0.2, 0.25) is 41.4 Å². The molecule has 22 nitrogen and oxygen atoms in total. The highest BCUT2D eigenvalue weighted by Gasteiger charge is 2.44. The molecule has 7 amide bonds. The molecule has 64 heavy (non-hydrogen) atoms. The van der Waals surface area contributed by atoms with E-state index in [1.165, 1.54) is 9.80 Å². The topological polar surface area (TPSA) is 360 Å². The molecule has 15 N–H and O–H groups in total. The Balaban J connectivity index is 1.68. The van der Waals surface area contributed by atoms with E-state index in [-0.39, 0.29) is 57.2 Å². The Kier molecular flexibility index (Phi) is 21.9. The Hall–Kier alpha value is -5.87. The second-order valence-corrected chi connectivity index (χ2v) is 16.6. The molecule has 2 saturated heterocycles. The summed E-state index contributed by atoms with van der Waals surface area (Å²) in [6, 6.07) is 0.774. The Morgan fingerprint density at radius 2 is 1.41 bits per heavy atom. The number of amides is 7. The van der Waals surface area contributed by atoms with Crippen molar-refractivity contribution < 1.29 is 48.6 Å². The minimum Gasteiger partial charge on any atom is -0.480 e. The number of carboxylic acids is 1. The SMILES string of the molecule is CC(C)C[C@H](NC(=O)[C@H](CO)NC(=O)[C@H](Cc1ccccc1)NC(=O)CNC(=O)[C@@H]1CCCN1C(=O)[C@@H]1CCCN1C(=O)[C@H](CCCN=C(N)N)NC(=O)[C@@H](N)CCCCN)C(=O)O. The maximum absolute atomic E-state index is 14.1. The van der Waals surface area contributed by atoms with E-state index in [0.717, 1.165) is 0 Å². The van der Waals surface area contributed by atoms with Gasteiger partial charge < -0.3 is 69.5 Å². The summed E-state index contributed by atoms with van der Waals surface area (Å²) in [7, 11) is 0. The number of carbonyl (C=O) groups is 8. The number of nitrogens with two attached hydrogens (primary N) is 4. The fraction of sp³-hybridized carbons (Fsp3) is 0.643. The van der Waals surface area contributed by atoms with E-state index < -0.39 is 103 Å². The second-order valence-electron chi connectivity index (χ2n) is 16.6. The molecule has 3 rings (SSSR count). The predicted molar refractivity (Wildman–Crippen MR) is 235 cm³/mol. The molecule has 0 aliphatic carbocycles. The van der Waals surface area contributed by atoms with Crippen LogP contribution in [0.4, 0.5) is 0 Å². The number of benzene rings is 1. The van der Waals surface area contributed by atoms with Crippen molar-refractivity contribution in [1.29, 1.82) is 0 Å². The number of aliphatic hydroxyl groups is 1. The largest absolute Gasteiger partial charge is 0.480 e. The van der Waals surface area contributed by atoms with Gasteiger partial charge >= 0.3 is 5.97 Å². The monoisotopic (exact) mass is 901 g/mol. The Bertz CT molecular complexity index is 1780. The number of carboxylic acid groups (broad SMARTS) is 1. The van der Waals surface area contributed by atoms with Gasteiger partial charge in [0.25, 0.3) is 0 Å². The summed E-state index contributed by atoms with van der Waals surface area (Å²) in [5.41, 5.74) is 23.2. The molecule has 0 saturated carbocycles. The third-order valence-corrected chi connectivity index (χ3v) is 11.0. The smallest absolute Gasteiger partial charge is 0.326 e. The van der Waals surface area contributed by atoms with E-state index in [0.29, 0.717) is 57.1 Å². The summed E-state index contributed by atoms with van der Waals surface area (Å²) in [5, 5.41) is 32.1. The number of nitrogens with zero attached hydrogens (tertiary/aromatic N) is 3. The lowest BCUT2D eigenvalue weighted by Crippen LogP contribution is -2.58. The Morgan fingerprint density at radius 3 is 2.03 bits per heavy atom. The number of nitrogens with one attached hydrogen (secondary N) is 5. The van der Waals surface area contributed by atoms with Crippen molar-refractivity contribution in [2.45, 2.75) is 127 Å². The summed E-state index contributed by atoms with van der Waals surface area (Å²) in [4.78, 5) is 113. The summed E-state index contributed by atoms with van der Waals surface area (Å²) >= 11 is 0. The quantitative estimate of drug-likeness (QED) is 0.0249. The van der Waals surface area contributed by atoms with E-state index in [9.17, 15) is 48.6 Å². The Labute approximate surface area is 373 Å². The molecule has 0 bridgehead atoms. The van der Waals surface area contributed by atoms with Gasteiger partial charge in [-0.25, -0.2) is 4.79 Å². The van der Waals surface area contributed by atoms with Crippen LogP contribution in [-0.2, 0) is 44.8 Å². The number of hydrogen-bond donors (Lipinski definition) is 11. The maximum Gasteiger partial charge on any atom is 0.326 e.